The molecule has 1 saturated heterocycles. The Kier molecular flexibility index (Phi) is 5.35. The summed E-state index contributed by atoms with van der Waals surface area (Å²) in [6, 6.07) is -0.841. The Morgan fingerprint density at radius 1 is 1.47 bits per heavy atom. The zero-order valence-corrected chi connectivity index (χ0v) is 12.4. The van der Waals surface area contributed by atoms with E-state index in [4.69, 9.17) is 5.11 Å². The van der Waals surface area contributed by atoms with Gasteiger partial charge in [0.25, 0.3) is 0 Å². The fourth-order valence-electron chi connectivity index (χ4n) is 2.51. The SMILES string of the molecule is CC1CCCN(CC(C)(C)C(=O)NC(C)C(=O)O)C1. The molecule has 5 heteroatoms. The third-order valence-electron chi connectivity index (χ3n) is 3.69. The fourth-order valence-corrected chi connectivity index (χ4v) is 2.51. The average Bonchev–Trinajstić information content (AvgIpc) is 2.27. The van der Waals surface area contributed by atoms with Gasteiger partial charge in [-0.05, 0) is 46.1 Å². The van der Waals surface area contributed by atoms with E-state index in [0.717, 1.165) is 13.1 Å². The van der Waals surface area contributed by atoms with Gasteiger partial charge in [-0.25, -0.2) is 0 Å². The van der Waals surface area contributed by atoms with Crippen molar-refractivity contribution >= 4 is 11.9 Å². The number of carboxylic acids is 1. The molecule has 0 aliphatic carbocycles. The summed E-state index contributed by atoms with van der Waals surface area (Å²) in [5, 5.41) is 11.4. The van der Waals surface area contributed by atoms with Gasteiger partial charge in [0.05, 0.1) is 5.41 Å². The van der Waals surface area contributed by atoms with E-state index in [2.05, 4.69) is 17.1 Å². The summed E-state index contributed by atoms with van der Waals surface area (Å²) in [7, 11) is 0. The number of amides is 1. The lowest BCUT2D eigenvalue weighted by Crippen LogP contribution is -2.50. The van der Waals surface area contributed by atoms with Crippen LogP contribution in [0, 0.1) is 11.3 Å². The van der Waals surface area contributed by atoms with Gasteiger partial charge in [-0.1, -0.05) is 6.92 Å². The Morgan fingerprint density at radius 2 is 2.11 bits per heavy atom. The zero-order valence-electron chi connectivity index (χ0n) is 12.4. The standard InChI is InChI=1S/C14H26N2O3/c1-10-6-5-7-16(8-10)9-14(3,4)13(19)15-11(2)12(17)18/h10-11H,5-9H2,1-4H3,(H,15,19)(H,17,18). The summed E-state index contributed by atoms with van der Waals surface area (Å²) in [4.78, 5) is 25.2. The van der Waals surface area contributed by atoms with E-state index in [1.54, 1.807) is 0 Å². The molecule has 1 aliphatic rings. The Labute approximate surface area is 115 Å². The Morgan fingerprint density at radius 3 is 2.63 bits per heavy atom. The molecule has 0 aromatic carbocycles. The highest BCUT2D eigenvalue weighted by Gasteiger charge is 2.32. The van der Waals surface area contributed by atoms with Crippen LogP contribution in [0.1, 0.15) is 40.5 Å². The molecule has 19 heavy (non-hydrogen) atoms. The van der Waals surface area contributed by atoms with Crippen LogP contribution in [0.3, 0.4) is 0 Å². The van der Waals surface area contributed by atoms with E-state index in [1.807, 2.05) is 13.8 Å². The minimum absolute atomic E-state index is 0.194. The predicted octanol–water partition coefficient (Wildman–Crippen LogP) is 1.33. The van der Waals surface area contributed by atoms with Crippen molar-refractivity contribution in [3.63, 3.8) is 0 Å². The molecule has 5 nitrogen and oxygen atoms in total. The highest BCUT2D eigenvalue weighted by molar-refractivity contribution is 5.86. The first-order valence-electron chi connectivity index (χ1n) is 6.98. The average molecular weight is 270 g/mol. The van der Waals surface area contributed by atoms with Crippen LogP contribution in [0.15, 0.2) is 0 Å². The van der Waals surface area contributed by atoms with Crippen molar-refractivity contribution in [2.75, 3.05) is 19.6 Å². The summed E-state index contributed by atoms with van der Waals surface area (Å²) >= 11 is 0. The minimum Gasteiger partial charge on any atom is -0.480 e. The maximum Gasteiger partial charge on any atom is 0.325 e. The van der Waals surface area contributed by atoms with Crippen molar-refractivity contribution in [1.82, 2.24) is 10.2 Å². The molecule has 1 fully saturated rings. The van der Waals surface area contributed by atoms with Crippen LogP contribution in [-0.4, -0.2) is 47.6 Å². The second-order valence-electron chi connectivity index (χ2n) is 6.40. The van der Waals surface area contributed by atoms with Crippen LogP contribution < -0.4 is 5.32 Å². The quantitative estimate of drug-likeness (QED) is 0.791. The minimum atomic E-state index is -1.00. The molecule has 0 saturated carbocycles. The first kappa shape index (κ1) is 16.0. The van der Waals surface area contributed by atoms with Gasteiger partial charge >= 0.3 is 5.97 Å². The first-order valence-corrected chi connectivity index (χ1v) is 6.98. The van der Waals surface area contributed by atoms with E-state index in [0.29, 0.717) is 12.5 Å². The van der Waals surface area contributed by atoms with Crippen LogP contribution in [-0.2, 0) is 9.59 Å². The third-order valence-corrected chi connectivity index (χ3v) is 3.69. The number of rotatable bonds is 5. The number of nitrogens with one attached hydrogen (secondary N) is 1. The molecule has 0 radical (unpaired) electrons. The predicted molar refractivity (Wildman–Crippen MR) is 73.9 cm³/mol. The molecule has 2 unspecified atom stereocenters. The highest BCUT2D eigenvalue weighted by atomic mass is 16.4. The number of carboxylic acid groups (broad SMARTS) is 1. The Hall–Kier alpha value is -1.10. The van der Waals surface area contributed by atoms with E-state index >= 15 is 0 Å². The monoisotopic (exact) mass is 270 g/mol. The van der Waals surface area contributed by atoms with Crippen molar-refractivity contribution < 1.29 is 14.7 Å². The first-order chi connectivity index (χ1) is 8.72. The van der Waals surface area contributed by atoms with Crippen LogP contribution in [0.5, 0.6) is 0 Å². The lowest BCUT2D eigenvalue weighted by atomic mass is 9.89. The van der Waals surface area contributed by atoms with Gasteiger partial charge in [0.15, 0.2) is 0 Å². The largest absolute Gasteiger partial charge is 0.480 e. The molecule has 0 aromatic heterocycles. The molecule has 2 atom stereocenters. The summed E-state index contributed by atoms with van der Waals surface area (Å²) in [5.74, 6) is -0.526. The number of likely N-dealkylation sites (tertiary alicyclic amines) is 1. The summed E-state index contributed by atoms with van der Waals surface area (Å²) in [5.41, 5.74) is -0.569. The number of carbonyl (C=O) groups excluding carboxylic acids is 1. The molecule has 110 valence electrons. The summed E-state index contributed by atoms with van der Waals surface area (Å²) < 4.78 is 0. The summed E-state index contributed by atoms with van der Waals surface area (Å²) in [6.45, 7) is 10.2. The second-order valence-corrected chi connectivity index (χ2v) is 6.40. The van der Waals surface area contributed by atoms with Crippen molar-refractivity contribution in [2.24, 2.45) is 11.3 Å². The van der Waals surface area contributed by atoms with Gasteiger partial charge in [-0.2, -0.15) is 0 Å². The smallest absolute Gasteiger partial charge is 0.325 e. The van der Waals surface area contributed by atoms with Crippen LogP contribution in [0.25, 0.3) is 0 Å². The van der Waals surface area contributed by atoms with Gasteiger partial charge in [0.2, 0.25) is 5.91 Å². The van der Waals surface area contributed by atoms with Crippen molar-refractivity contribution in [1.29, 1.82) is 0 Å². The maximum absolute atomic E-state index is 12.1. The number of hydrogen-bond donors (Lipinski definition) is 2. The molecular weight excluding hydrogens is 244 g/mol. The molecule has 1 amide bonds. The molecule has 1 heterocycles. The van der Waals surface area contributed by atoms with Gasteiger partial charge in [-0.3, -0.25) is 9.59 Å². The van der Waals surface area contributed by atoms with E-state index < -0.39 is 17.4 Å². The summed E-state index contributed by atoms with van der Waals surface area (Å²) in [6.07, 6.45) is 2.42. The lowest BCUT2D eigenvalue weighted by Gasteiger charge is -2.36. The van der Waals surface area contributed by atoms with Crippen molar-refractivity contribution in [2.45, 2.75) is 46.6 Å². The second kappa shape index (κ2) is 6.37. The normalized spacial score (nSPS) is 22.8. The number of piperidine rings is 1. The highest BCUT2D eigenvalue weighted by Crippen LogP contribution is 2.22. The van der Waals surface area contributed by atoms with Crippen molar-refractivity contribution in [3.8, 4) is 0 Å². The molecule has 1 rings (SSSR count). The van der Waals surface area contributed by atoms with Crippen LogP contribution in [0.2, 0.25) is 0 Å². The van der Waals surface area contributed by atoms with Gasteiger partial charge in [0, 0.05) is 13.1 Å². The number of hydrogen-bond acceptors (Lipinski definition) is 3. The molecule has 0 spiro atoms. The van der Waals surface area contributed by atoms with Crippen LogP contribution >= 0.6 is 0 Å². The number of nitrogens with zero attached hydrogens (tertiary/aromatic N) is 1. The topological polar surface area (TPSA) is 69.6 Å². The van der Waals surface area contributed by atoms with Gasteiger partial charge in [-0.15, -0.1) is 0 Å². The molecule has 2 N–H and O–H groups in total. The maximum atomic E-state index is 12.1. The molecular formula is C14H26N2O3. The number of carbonyl (C=O) groups is 2. The van der Waals surface area contributed by atoms with Crippen molar-refractivity contribution in [3.05, 3.63) is 0 Å². The molecule has 1 aliphatic heterocycles. The molecule has 0 aromatic rings. The fraction of sp³-hybridized carbons (Fsp3) is 0.857. The van der Waals surface area contributed by atoms with Crippen LogP contribution in [0.4, 0.5) is 0 Å². The van der Waals surface area contributed by atoms with E-state index in [9.17, 15) is 9.59 Å². The number of aliphatic carboxylic acids is 1. The zero-order chi connectivity index (χ0) is 14.6. The Bertz CT molecular complexity index is 342. The Balaban J connectivity index is 2.54. The van der Waals surface area contributed by atoms with E-state index in [1.165, 1.54) is 19.8 Å². The lowest BCUT2D eigenvalue weighted by molar-refractivity contribution is -0.143. The van der Waals surface area contributed by atoms with Gasteiger partial charge in [0.1, 0.15) is 6.04 Å². The third kappa shape index (κ3) is 4.82. The van der Waals surface area contributed by atoms with E-state index in [-0.39, 0.29) is 5.91 Å². The molecule has 0 bridgehead atoms. The van der Waals surface area contributed by atoms with Gasteiger partial charge < -0.3 is 15.3 Å².